The largest absolute Gasteiger partial charge is 0.375 e. The van der Waals surface area contributed by atoms with Crippen molar-refractivity contribution in [2.75, 3.05) is 0 Å². The molecule has 0 bridgehead atoms. The van der Waals surface area contributed by atoms with Crippen LogP contribution in [0, 0.1) is 0 Å². The molecule has 0 aromatic rings. The summed E-state index contributed by atoms with van der Waals surface area (Å²) in [7, 11) is 0. The van der Waals surface area contributed by atoms with Crippen LogP contribution in [0.25, 0.3) is 0 Å². The van der Waals surface area contributed by atoms with Crippen LogP contribution in [0.3, 0.4) is 0 Å². The van der Waals surface area contributed by atoms with Crippen LogP contribution in [0.15, 0.2) is 0 Å². The van der Waals surface area contributed by atoms with Gasteiger partial charge in [-0.25, -0.2) is 8.78 Å². The van der Waals surface area contributed by atoms with Gasteiger partial charge in [0.2, 0.25) is 0 Å². The van der Waals surface area contributed by atoms with Crippen LogP contribution >= 0.6 is 55.1 Å². The quantitative estimate of drug-likeness (QED) is 0.479. The summed E-state index contributed by atoms with van der Waals surface area (Å²) in [6.45, 7) is 0. The molecule has 0 nitrogen and oxygen atoms in total. The predicted molar refractivity (Wildman–Crippen MR) is 47.1 cm³/mol. The Kier molecular flexibility index (Phi) is 4.16. The van der Waals surface area contributed by atoms with Gasteiger partial charge in [0.1, 0.15) is 0 Å². The fourth-order valence-corrected chi connectivity index (χ4v) is 1.38. The number of rotatable bonds is 3. The van der Waals surface area contributed by atoms with E-state index in [1.807, 2.05) is 0 Å². The van der Waals surface area contributed by atoms with Crippen LogP contribution in [-0.4, -0.2) is 19.9 Å². The summed E-state index contributed by atoms with van der Waals surface area (Å²) in [6.07, 6.45) is 0. The first kappa shape index (κ1) is 15.1. The predicted octanol–water partition coefficient (Wildman–Crippen LogP) is 4.77. The first-order valence-electron chi connectivity index (χ1n) is 2.64. The van der Waals surface area contributed by atoms with E-state index in [-0.39, 0.29) is 0 Å². The highest BCUT2D eigenvalue weighted by Gasteiger charge is 2.76. The Balaban J connectivity index is 5.30. The second-order valence-electron chi connectivity index (χ2n) is 2.14. The van der Waals surface area contributed by atoms with Crippen LogP contribution < -0.4 is 0 Å². The smallest absolute Gasteiger partial charge is 0.212 e. The average Bonchev–Trinajstić information content (AvgIpc) is 1.81. The lowest BCUT2D eigenvalue weighted by Gasteiger charge is -2.34. The van der Waals surface area contributed by atoms with Gasteiger partial charge in [-0.1, -0.05) is 11.6 Å². The van der Waals surface area contributed by atoms with Gasteiger partial charge in [-0.15, -0.1) is 0 Å². The van der Waals surface area contributed by atoms with Gasteiger partial charge < -0.3 is 0 Å². The second-order valence-corrected chi connectivity index (χ2v) is 6.39. The summed E-state index contributed by atoms with van der Waals surface area (Å²) < 4.78 is 70.8. The maximum atomic E-state index is 12.7. The number of alkyl halides is 10. The van der Waals surface area contributed by atoms with Crippen LogP contribution in [0.2, 0.25) is 0 Å². The average molecular weight is 393 g/mol. The molecule has 0 saturated heterocycles. The molecule has 0 aliphatic carbocycles. The van der Waals surface area contributed by atoms with Crippen molar-refractivity contribution in [1.29, 1.82) is 0 Å². The maximum Gasteiger partial charge on any atom is 0.375 e. The van der Waals surface area contributed by atoms with Crippen molar-refractivity contribution in [2.24, 2.45) is 0 Å². The van der Waals surface area contributed by atoms with E-state index in [4.69, 9.17) is 0 Å². The highest BCUT2D eigenvalue weighted by atomic mass is 79.9. The van der Waals surface area contributed by atoms with Crippen LogP contribution in [-0.2, 0) is 0 Å². The molecule has 86 valence electrons. The van der Waals surface area contributed by atoms with E-state index in [1.165, 1.54) is 0 Å². The minimum atomic E-state index is -5.30. The molecular formula is C4Br2Cl2F6. The summed E-state index contributed by atoms with van der Waals surface area (Å²) in [5, 5.41) is -10.2. The van der Waals surface area contributed by atoms with Crippen LogP contribution in [0.4, 0.5) is 26.3 Å². The van der Waals surface area contributed by atoms with Gasteiger partial charge in [0, 0.05) is 0 Å². The van der Waals surface area contributed by atoms with E-state index >= 15 is 0 Å². The zero-order valence-electron chi connectivity index (χ0n) is 5.78. The highest BCUT2D eigenvalue weighted by molar-refractivity contribution is 9.25. The standard InChI is InChI=1S/C4Br2Cl2F6/c5-3(6,12)2(10,11)1(7,9)4(8,13)14. The molecule has 1 atom stereocenters. The maximum absolute atomic E-state index is 12.7. The lowest BCUT2D eigenvalue weighted by molar-refractivity contribution is -0.188. The Labute approximate surface area is 101 Å². The topological polar surface area (TPSA) is 0 Å². The Morgan fingerprint density at radius 2 is 1.07 bits per heavy atom. The minimum absolute atomic E-state index is 1.61. The van der Waals surface area contributed by atoms with Crippen molar-refractivity contribution < 1.29 is 26.3 Å². The lowest BCUT2D eigenvalue weighted by atomic mass is 10.2. The highest BCUT2D eigenvalue weighted by Crippen LogP contribution is 2.58. The molecule has 0 N–H and O–H groups in total. The first-order chi connectivity index (χ1) is 5.75. The van der Waals surface area contributed by atoms with Gasteiger partial charge in [0.05, 0.1) is 0 Å². The third-order valence-electron chi connectivity index (χ3n) is 1.11. The number of halogens is 10. The van der Waals surface area contributed by atoms with Crippen molar-refractivity contribution in [3.05, 3.63) is 0 Å². The Morgan fingerprint density at radius 3 is 1.14 bits per heavy atom. The Hall–Kier alpha value is 1.12. The van der Waals surface area contributed by atoms with E-state index in [9.17, 15) is 26.3 Å². The van der Waals surface area contributed by atoms with Gasteiger partial charge in [0.25, 0.3) is 3.49 Å². The van der Waals surface area contributed by atoms with E-state index in [0.29, 0.717) is 0 Å². The molecule has 14 heavy (non-hydrogen) atoms. The molecule has 0 saturated carbocycles. The molecule has 1 unspecified atom stereocenters. The van der Waals surface area contributed by atoms with Crippen LogP contribution in [0.1, 0.15) is 0 Å². The number of hydrogen-bond acceptors (Lipinski definition) is 0. The van der Waals surface area contributed by atoms with Gasteiger partial charge >= 0.3 is 16.4 Å². The zero-order valence-corrected chi connectivity index (χ0v) is 10.5. The molecule has 0 fully saturated rings. The fourth-order valence-electron chi connectivity index (χ4n) is 0.356. The molecule has 0 aromatic heterocycles. The lowest BCUT2D eigenvalue weighted by Crippen LogP contribution is -2.57. The van der Waals surface area contributed by atoms with Gasteiger partial charge in [-0.2, -0.15) is 17.6 Å². The van der Waals surface area contributed by atoms with Gasteiger partial charge in [0.15, 0.2) is 0 Å². The van der Waals surface area contributed by atoms with E-state index < -0.39 is 19.9 Å². The molecule has 0 aliphatic heterocycles. The molecule has 0 aromatic carbocycles. The second kappa shape index (κ2) is 3.85. The summed E-state index contributed by atoms with van der Waals surface area (Å²) in [5.74, 6) is -5.30. The third-order valence-corrected chi connectivity index (χ3v) is 2.93. The third kappa shape index (κ3) is 2.44. The summed E-state index contributed by atoms with van der Waals surface area (Å²) in [6, 6.07) is 0. The summed E-state index contributed by atoms with van der Waals surface area (Å²) in [5.41, 5.74) is 0. The molecule has 0 heterocycles. The fraction of sp³-hybridized carbons (Fsp3) is 1.00. The molecule has 0 rings (SSSR count). The minimum Gasteiger partial charge on any atom is -0.212 e. The summed E-state index contributed by atoms with van der Waals surface area (Å²) >= 11 is 11.4. The van der Waals surface area contributed by atoms with Crippen molar-refractivity contribution in [2.45, 2.75) is 19.9 Å². The SMILES string of the molecule is FC(F)(Cl)C(F)(Cl)C(F)(F)C(F)(Br)Br. The molecule has 0 radical (unpaired) electrons. The molecule has 0 aliphatic rings. The molecule has 10 heteroatoms. The monoisotopic (exact) mass is 390 g/mol. The van der Waals surface area contributed by atoms with E-state index in [1.54, 1.807) is 31.9 Å². The first-order valence-corrected chi connectivity index (χ1v) is 4.98. The van der Waals surface area contributed by atoms with Crippen molar-refractivity contribution in [3.63, 3.8) is 0 Å². The molecular weight excluding hydrogens is 393 g/mol. The zero-order chi connectivity index (χ0) is 12.0. The van der Waals surface area contributed by atoms with Crippen LogP contribution in [0.5, 0.6) is 0 Å². The Morgan fingerprint density at radius 1 is 0.786 bits per heavy atom. The van der Waals surface area contributed by atoms with Crippen molar-refractivity contribution >= 4 is 55.1 Å². The normalized spacial score (nSPS) is 19.3. The molecule has 0 spiro atoms. The summed E-state index contributed by atoms with van der Waals surface area (Å²) in [4.78, 5) is 0. The number of hydrogen-bond donors (Lipinski definition) is 0. The van der Waals surface area contributed by atoms with E-state index in [2.05, 4.69) is 23.2 Å². The van der Waals surface area contributed by atoms with E-state index in [0.717, 1.165) is 0 Å². The van der Waals surface area contributed by atoms with Crippen molar-refractivity contribution in [1.82, 2.24) is 0 Å². The Bertz CT molecular complexity index is 195. The van der Waals surface area contributed by atoms with Crippen molar-refractivity contribution in [3.8, 4) is 0 Å². The molecule has 0 amide bonds. The van der Waals surface area contributed by atoms with Gasteiger partial charge in [-0.3, -0.25) is 0 Å². The van der Waals surface area contributed by atoms with Gasteiger partial charge in [-0.05, 0) is 43.5 Å².